The number of nitrogens with zero attached hydrogens (tertiary/aromatic N) is 1. The van der Waals surface area contributed by atoms with E-state index in [2.05, 4.69) is 21.2 Å². The molecule has 1 aromatic heterocycles. The van der Waals surface area contributed by atoms with Crippen molar-refractivity contribution in [3.05, 3.63) is 55.6 Å². The highest BCUT2D eigenvalue weighted by Crippen LogP contribution is 2.22. The van der Waals surface area contributed by atoms with Gasteiger partial charge >= 0.3 is 0 Å². The minimum absolute atomic E-state index is 0.0372. The highest BCUT2D eigenvalue weighted by Gasteiger charge is 2.12. The molecule has 0 spiro atoms. The predicted molar refractivity (Wildman–Crippen MR) is 92.3 cm³/mol. The van der Waals surface area contributed by atoms with Crippen LogP contribution in [0.3, 0.4) is 0 Å². The zero-order valence-corrected chi connectivity index (χ0v) is 15.0. The van der Waals surface area contributed by atoms with Gasteiger partial charge in [-0.05, 0) is 52.3 Å². The maximum atomic E-state index is 12.0. The number of likely N-dealkylation sites (N-methyl/N-ethyl adjacent to an activating group) is 1. The number of nitrogens with one attached hydrogen (secondary N) is 1. The first-order valence-electron chi connectivity index (χ1n) is 6.47. The second kappa shape index (κ2) is 7.76. The molecule has 2 rings (SSSR count). The molecule has 0 radical (unpaired) electrons. The Hall–Kier alpha value is -1.37. The molecule has 4 nitrogen and oxygen atoms in total. The second-order valence-electron chi connectivity index (χ2n) is 4.65. The van der Waals surface area contributed by atoms with E-state index in [1.165, 1.54) is 0 Å². The third-order valence-corrected chi connectivity index (χ3v) is 4.81. The number of halogens is 2. The summed E-state index contributed by atoms with van der Waals surface area (Å²) in [6.45, 7) is 0.483. The number of hydrogen-bond acceptors (Lipinski definition) is 3. The van der Waals surface area contributed by atoms with Crippen LogP contribution in [-0.4, -0.2) is 30.3 Å². The molecule has 22 heavy (non-hydrogen) atoms. The van der Waals surface area contributed by atoms with Gasteiger partial charge in [0.1, 0.15) is 0 Å². The van der Waals surface area contributed by atoms with Gasteiger partial charge in [0.15, 0.2) is 0 Å². The van der Waals surface area contributed by atoms with Gasteiger partial charge in [-0.3, -0.25) is 9.59 Å². The SMILES string of the molecule is CN(Cc1ccc(Br)s1)C(=O)CNC(=O)c1ccc(Cl)cc1. The molecule has 0 saturated heterocycles. The first kappa shape index (κ1) is 17.0. The highest BCUT2D eigenvalue weighted by atomic mass is 79.9. The molecule has 0 aliphatic rings. The molecule has 7 heteroatoms. The average Bonchev–Trinajstić information content (AvgIpc) is 2.90. The molecule has 116 valence electrons. The summed E-state index contributed by atoms with van der Waals surface area (Å²) in [7, 11) is 1.71. The fourth-order valence-electron chi connectivity index (χ4n) is 1.75. The van der Waals surface area contributed by atoms with Crippen LogP contribution in [-0.2, 0) is 11.3 Å². The van der Waals surface area contributed by atoms with Crippen LogP contribution in [0.15, 0.2) is 40.2 Å². The van der Waals surface area contributed by atoms with E-state index in [1.807, 2.05) is 12.1 Å². The van der Waals surface area contributed by atoms with E-state index in [4.69, 9.17) is 11.6 Å². The largest absolute Gasteiger partial charge is 0.343 e. The van der Waals surface area contributed by atoms with Gasteiger partial charge in [0, 0.05) is 22.5 Å². The molecule has 1 heterocycles. The van der Waals surface area contributed by atoms with Crippen molar-refractivity contribution in [2.75, 3.05) is 13.6 Å². The van der Waals surface area contributed by atoms with Gasteiger partial charge in [-0.25, -0.2) is 0 Å². The molecule has 0 aliphatic carbocycles. The van der Waals surface area contributed by atoms with E-state index in [0.717, 1.165) is 8.66 Å². The molecule has 2 amide bonds. The zero-order valence-electron chi connectivity index (χ0n) is 11.8. The van der Waals surface area contributed by atoms with E-state index in [1.54, 1.807) is 47.5 Å². The zero-order chi connectivity index (χ0) is 16.1. The van der Waals surface area contributed by atoms with Crippen molar-refractivity contribution >= 4 is 50.7 Å². The van der Waals surface area contributed by atoms with Crippen LogP contribution < -0.4 is 5.32 Å². The molecular formula is C15H14BrClN2O2S. The molecule has 0 atom stereocenters. The Morgan fingerprint density at radius 3 is 2.50 bits per heavy atom. The number of hydrogen-bond donors (Lipinski definition) is 1. The molecule has 0 bridgehead atoms. The smallest absolute Gasteiger partial charge is 0.251 e. The third-order valence-electron chi connectivity index (χ3n) is 2.95. The summed E-state index contributed by atoms with van der Waals surface area (Å²) in [5.74, 6) is -0.441. The molecular weight excluding hydrogens is 388 g/mol. The van der Waals surface area contributed by atoms with Crippen molar-refractivity contribution in [1.82, 2.24) is 10.2 Å². The Bertz CT molecular complexity index is 672. The molecule has 0 aliphatic heterocycles. The average molecular weight is 402 g/mol. The van der Waals surface area contributed by atoms with E-state index in [9.17, 15) is 9.59 Å². The van der Waals surface area contributed by atoms with Crippen LogP contribution in [0.25, 0.3) is 0 Å². The van der Waals surface area contributed by atoms with Crippen LogP contribution in [0.1, 0.15) is 15.2 Å². The lowest BCUT2D eigenvalue weighted by atomic mass is 10.2. The van der Waals surface area contributed by atoms with E-state index < -0.39 is 0 Å². The number of carbonyl (C=O) groups excluding carboxylic acids is 2. The fourth-order valence-corrected chi connectivity index (χ4v) is 3.42. The molecule has 0 fully saturated rings. The molecule has 1 aromatic carbocycles. The van der Waals surface area contributed by atoms with Gasteiger partial charge < -0.3 is 10.2 Å². The lowest BCUT2D eigenvalue weighted by Crippen LogP contribution is -2.37. The van der Waals surface area contributed by atoms with Crippen LogP contribution in [0.4, 0.5) is 0 Å². The summed E-state index contributed by atoms with van der Waals surface area (Å²) in [6, 6.07) is 10.4. The van der Waals surface area contributed by atoms with Crippen molar-refractivity contribution in [3.8, 4) is 0 Å². The number of thiophene rings is 1. The van der Waals surface area contributed by atoms with Crippen molar-refractivity contribution < 1.29 is 9.59 Å². The number of benzene rings is 1. The second-order valence-corrected chi connectivity index (χ2v) is 7.63. The van der Waals surface area contributed by atoms with Crippen LogP contribution in [0.5, 0.6) is 0 Å². The summed E-state index contributed by atoms with van der Waals surface area (Å²) < 4.78 is 1.03. The molecule has 2 aromatic rings. The van der Waals surface area contributed by atoms with Gasteiger partial charge in [-0.1, -0.05) is 11.6 Å². The molecule has 0 saturated carbocycles. The Morgan fingerprint density at radius 1 is 1.23 bits per heavy atom. The van der Waals surface area contributed by atoms with Crippen molar-refractivity contribution in [3.63, 3.8) is 0 Å². The van der Waals surface area contributed by atoms with Gasteiger partial charge in [-0.2, -0.15) is 0 Å². The summed E-state index contributed by atoms with van der Waals surface area (Å²) in [5, 5.41) is 3.18. The quantitative estimate of drug-likeness (QED) is 0.833. The van der Waals surface area contributed by atoms with Crippen molar-refractivity contribution in [1.29, 1.82) is 0 Å². The minimum atomic E-state index is -0.294. The Labute approximate surface area is 146 Å². The van der Waals surface area contributed by atoms with Gasteiger partial charge in [0.2, 0.25) is 5.91 Å². The first-order valence-corrected chi connectivity index (χ1v) is 8.46. The number of amides is 2. The van der Waals surface area contributed by atoms with E-state index >= 15 is 0 Å². The van der Waals surface area contributed by atoms with Crippen LogP contribution in [0, 0.1) is 0 Å². The lowest BCUT2D eigenvalue weighted by molar-refractivity contribution is -0.129. The third kappa shape index (κ3) is 4.83. The number of carbonyl (C=O) groups is 2. The monoisotopic (exact) mass is 400 g/mol. The standard InChI is InChI=1S/C15H14BrClN2O2S/c1-19(9-12-6-7-13(16)22-12)14(20)8-18-15(21)10-2-4-11(17)5-3-10/h2-7H,8-9H2,1H3,(H,18,21). The van der Waals surface area contributed by atoms with E-state index in [-0.39, 0.29) is 18.4 Å². The summed E-state index contributed by atoms with van der Waals surface area (Å²) in [6.07, 6.45) is 0. The topological polar surface area (TPSA) is 49.4 Å². The van der Waals surface area contributed by atoms with Crippen LogP contribution in [0.2, 0.25) is 5.02 Å². The Balaban J connectivity index is 1.83. The molecule has 0 unspecified atom stereocenters. The normalized spacial score (nSPS) is 10.3. The van der Waals surface area contributed by atoms with Crippen molar-refractivity contribution in [2.45, 2.75) is 6.54 Å². The summed E-state index contributed by atoms with van der Waals surface area (Å²) >= 11 is 10.7. The number of rotatable bonds is 5. The maximum absolute atomic E-state index is 12.0. The predicted octanol–water partition coefficient (Wildman–Crippen LogP) is 3.55. The van der Waals surface area contributed by atoms with E-state index in [0.29, 0.717) is 17.1 Å². The van der Waals surface area contributed by atoms with Gasteiger partial charge in [0.05, 0.1) is 16.9 Å². The van der Waals surface area contributed by atoms with Crippen molar-refractivity contribution in [2.24, 2.45) is 0 Å². The van der Waals surface area contributed by atoms with Gasteiger partial charge in [0.25, 0.3) is 5.91 Å². The maximum Gasteiger partial charge on any atom is 0.251 e. The molecule has 1 N–H and O–H groups in total. The summed E-state index contributed by atoms with van der Waals surface area (Å²) in [5.41, 5.74) is 0.474. The Morgan fingerprint density at radius 2 is 1.91 bits per heavy atom. The highest BCUT2D eigenvalue weighted by molar-refractivity contribution is 9.11. The first-order chi connectivity index (χ1) is 10.5. The van der Waals surface area contributed by atoms with Gasteiger partial charge in [-0.15, -0.1) is 11.3 Å². The fraction of sp³-hybridized carbons (Fsp3) is 0.200. The van der Waals surface area contributed by atoms with Crippen LogP contribution >= 0.6 is 38.9 Å². The summed E-state index contributed by atoms with van der Waals surface area (Å²) in [4.78, 5) is 26.6. The Kier molecular flexibility index (Phi) is 5.99. The lowest BCUT2D eigenvalue weighted by Gasteiger charge is -2.16. The minimum Gasteiger partial charge on any atom is -0.343 e.